The molecule has 4 heteroatoms. The van der Waals surface area contributed by atoms with E-state index in [1.807, 2.05) is 18.5 Å². The van der Waals surface area contributed by atoms with Gasteiger partial charge in [-0.25, -0.2) is 0 Å². The van der Waals surface area contributed by atoms with E-state index in [1.54, 1.807) is 0 Å². The second-order valence-electron chi connectivity index (χ2n) is 5.10. The summed E-state index contributed by atoms with van der Waals surface area (Å²) >= 11 is 3.54. The average molecular weight is 332 g/mol. The Morgan fingerprint density at radius 1 is 1.05 bits per heavy atom. The zero-order valence-corrected chi connectivity index (χ0v) is 13.0. The monoisotopic (exact) mass is 331 g/mol. The van der Waals surface area contributed by atoms with E-state index in [9.17, 15) is 0 Å². The van der Waals surface area contributed by atoms with Crippen LogP contribution in [0.5, 0.6) is 0 Å². The van der Waals surface area contributed by atoms with Crippen LogP contribution in [0.2, 0.25) is 0 Å². The molecule has 0 atom stereocenters. The van der Waals surface area contributed by atoms with E-state index in [0.717, 1.165) is 37.2 Å². The predicted octanol–water partition coefficient (Wildman–Crippen LogP) is 3.17. The third-order valence-corrected chi connectivity index (χ3v) is 4.17. The zero-order chi connectivity index (χ0) is 13.8. The first-order valence-corrected chi connectivity index (χ1v) is 7.72. The summed E-state index contributed by atoms with van der Waals surface area (Å²) in [6.07, 6.45) is 3.79. The molecule has 1 aromatic carbocycles. The Morgan fingerprint density at radius 2 is 1.90 bits per heavy atom. The standard InChI is InChI=1S/C16H18BrN3/c17-15-4-1-5-16(11-15)20-9-7-19(8-10-20)13-14-3-2-6-18-12-14/h1-6,11-12H,7-10,13H2. The number of nitrogens with zero attached hydrogens (tertiary/aromatic N) is 3. The van der Waals surface area contributed by atoms with Gasteiger partial charge >= 0.3 is 0 Å². The van der Waals surface area contributed by atoms with Crippen LogP contribution in [0.3, 0.4) is 0 Å². The van der Waals surface area contributed by atoms with E-state index in [4.69, 9.17) is 0 Å². The molecule has 1 aliphatic heterocycles. The van der Waals surface area contributed by atoms with Gasteiger partial charge in [-0.05, 0) is 29.8 Å². The molecule has 20 heavy (non-hydrogen) atoms. The summed E-state index contributed by atoms with van der Waals surface area (Å²) in [6.45, 7) is 5.36. The quantitative estimate of drug-likeness (QED) is 0.861. The summed E-state index contributed by atoms with van der Waals surface area (Å²) in [7, 11) is 0. The Kier molecular flexibility index (Phi) is 4.33. The lowest BCUT2D eigenvalue weighted by Crippen LogP contribution is -2.45. The van der Waals surface area contributed by atoms with Crippen LogP contribution in [-0.4, -0.2) is 36.1 Å². The highest BCUT2D eigenvalue weighted by molar-refractivity contribution is 9.10. The topological polar surface area (TPSA) is 19.4 Å². The molecule has 0 radical (unpaired) electrons. The molecule has 2 aromatic rings. The predicted molar refractivity (Wildman–Crippen MR) is 85.9 cm³/mol. The van der Waals surface area contributed by atoms with E-state index in [1.165, 1.54) is 11.3 Å². The summed E-state index contributed by atoms with van der Waals surface area (Å²) in [5, 5.41) is 0. The van der Waals surface area contributed by atoms with Crippen LogP contribution in [0.25, 0.3) is 0 Å². The van der Waals surface area contributed by atoms with Gasteiger partial charge in [-0.1, -0.05) is 28.1 Å². The fourth-order valence-electron chi connectivity index (χ4n) is 2.59. The average Bonchev–Trinajstić information content (AvgIpc) is 2.49. The van der Waals surface area contributed by atoms with Crippen LogP contribution in [0.1, 0.15) is 5.56 Å². The minimum atomic E-state index is 1.00. The molecule has 0 amide bonds. The maximum absolute atomic E-state index is 4.18. The largest absolute Gasteiger partial charge is 0.369 e. The highest BCUT2D eigenvalue weighted by atomic mass is 79.9. The van der Waals surface area contributed by atoms with Gasteiger partial charge < -0.3 is 4.90 Å². The van der Waals surface area contributed by atoms with Crippen LogP contribution < -0.4 is 4.90 Å². The van der Waals surface area contributed by atoms with Gasteiger partial charge in [0.2, 0.25) is 0 Å². The summed E-state index contributed by atoms with van der Waals surface area (Å²) < 4.78 is 1.15. The van der Waals surface area contributed by atoms with E-state index in [2.05, 4.69) is 61.0 Å². The van der Waals surface area contributed by atoms with Gasteiger partial charge in [0.15, 0.2) is 0 Å². The van der Waals surface area contributed by atoms with Gasteiger partial charge in [-0.2, -0.15) is 0 Å². The summed E-state index contributed by atoms with van der Waals surface area (Å²) in [5.41, 5.74) is 2.60. The van der Waals surface area contributed by atoms with Crippen molar-refractivity contribution in [3.05, 3.63) is 58.8 Å². The second kappa shape index (κ2) is 6.37. The van der Waals surface area contributed by atoms with Crippen molar-refractivity contribution in [3.8, 4) is 0 Å². The highest BCUT2D eigenvalue weighted by Gasteiger charge is 2.17. The molecule has 0 N–H and O–H groups in total. The lowest BCUT2D eigenvalue weighted by Gasteiger charge is -2.36. The molecular formula is C16H18BrN3. The number of aromatic nitrogens is 1. The first-order chi connectivity index (χ1) is 9.81. The number of piperazine rings is 1. The second-order valence-corrected chi connectivity index (χ2v) is 6.02. The molecule has 3 nitrogen and oxygen atoms in total. The normalized spacial score (nSPS) is 16.4. The first-order valence-electron chi connectivity index (χ1n) is 6.93. The zero-order valence-electron chi connectivity index (χ0n) is 11.4. The molecular weight excluding hydrogens is 314 g/mol. The van der Waals surface area contributed by atoms with Crippen LogP contribution in [0.4, 0.5) is 5.69 Å². The molecule has 0 spiro atoms. The van der Waals surface area contributed by atoms with Crippen LogP contribution in [0.15, 0.2) is 53.3 Å². The number of halogens is 1. The van der Waals surface area contributed by atoms with Crippen molar-refractivity contribution >= 4 is 21.6 Å². The summed E-state index contributed by atoms with van der Waals surface area (Å²) in [4.78, 5) is 9.12. The molecule has 0 aliphatic carbocycles. The van der Waals surface area contributed by atoms with Crippen molar-refractivity contribution in [3.63, 3.8) is 0 Å². The van der Waals surface area contributed by atoms with Gasteiger partial charge in [0.1, 0.15) is 0 Å². The third kappa shape index (κ3) is 3.38. The van der Waals surface area contributed by atoms with Crippen molar-refractivity contribution in [1.29, 1.82) is 0 Å². The number of pyridine rings is 1. The number of benzene rings is 1. The van der Waals surface area contributed by atoms with Gasteiger partial charge in [0.25, 0.3) is 0 Å². The van der Waals surface area contributed by atoms with Gasteiger partial charge in [0.05, 0.1) is 0 Å². The third-order valence-electron chi connectivity index (χ3n) is 3.67. The fraction of sp³-hybridized carbons (Fsp3) is 0.312. The first kappa shape index (κ1) is 13.6. The van der Waals surface area contributed by atoms with Crippen molar-refractivity contribution in [2.75, 3.05) is 31.1 Å². The van der Waals surface area contributed by atoms with Crippen LogP contribution in [0, 0.1) is 0 Å². The molecule has 0 saturated carbocycles. The smallest absolute Gasteiger partial charge is 0.0378 e. The van der Waals surface area contributed by atoms with Gasteiger partial charge in [0, 0.05) is 55.3 Å². The number of hydrogen-bond donors (Lipinski definition) is 0. The van der Waals surface area contributed by atoms with Crippen LogP contribution in [-0.2, 0) is 6.54 Å². The minimum absolute atomic E-state index is 1.00. The Bertz CT molecular complexity index is 551. The number of anilines is 1. The molecule has 0 bridgehead atoms. The Balaban J connectivity index is 1.57. The number of rotatable bonds is 3. The maximum Gasteiger partial charge on any atom is 0.0378 e. The molecule has 0 unspecified atom stereocenters. The SMILES string of the molecule is Brc1cccc(N2CCN(Cc3cccnc3)CC2)c1. The molecule has 3 rings (SSSR count). The lowest BCUT2D eigenvalue weighted by molar-refractivity contribution is 0.249. The van der Waals surface area contributed by atoms with E-state index in [-0.39, 0.29) is 0 Å². The molecule has 2 heterocycles. The molecule has 1 aliphatic rings. The van der Waals surface area contributed by atoms with Crippen molar-refractivity contribution < 1.29 is 0 Å². The lowest BCUT2D eigenvalue weighted by atomic mass is 10.2. The highest BCUT2D eigenvalue weighted by Crippen LogP contribution is 2.21. The molecule has 1 fully saturated rings. The van der Waals surface area contributed by atoms with E-state index >= 15 is 0 Å². The molecule has 1 aromatic heterocycles. The van der Waals surface area contributed by atoms with Crippen molar-refractivity contribution in [1.82, 2.24) is 9.88 Å². The Hall–Kier alpha value is -1.39. The molecule has 1 saturated heterocycles. The van der Waals surface area contributed by atoms with Crippen molar-refractivity contribution in [2.45, 2.75) is 6.54 Å². The maximum atomic E-state index is 4.18. The van der Waals surface area contributed by atoms with Crippen LogP contribution >= 0.6 is 15.9 Å². The van der Waals surface area contributed by atoms with Crippen molar-refractivity contribution in [2.24, 2.45) is 0 Å². The fourth-order valence-corrected chi connectivity index (χ4v) is 2.97. The minimum Gasteiger partial charge on any atom is -0.369 e. The van der Waals surface area contributed by atoms with Gasteiger partial charge in [-0.15, -0.1) is 0 Å². The Morgan fingerprint density at radius 3 is 2.60 bits per heavy atom. The number of hydrogen-bond acceptors (Lipinski definition) is 3. The summed E-state index contributed by atoms with van der Waals surface area (Å²) in [6, 6.07) is 12.7. The van der Waals surface area contributed by atoms with E-state index in [0.29, 0.717) is 0 Å². The van der Waals surface area contributed by atoms with Gasteiger partial charge in [-0.3, -0.25) is 9.88 Å². The van der Waals surface area contributed by atoms with E-state index < -0.39 is 0 Å². The Labute approximate surface area is 128 Å². The molecule has 104 valence electrons. The summed E-state index contributed by atoms with van der Waals surface area (Å²) in [5.74, 6) is 0.